The van der Waals surface area contributed by atoms with Gasteiger partial charge in [0.1, 0.15) is 5.60 Å². The van der Waals surface area contributed by atoms with Crippen molar-refractivity contribution in [3.63, 3.8) is 0 Å². The van der Waals surface area contributed by atoms with Gasteiger partial charge in [-0.05, 0) is 69.9 Å². The van der Waals surface area contributed by atoms with Crippen molar-refractivity contribution in [2.45, 2.75) is 134 Å². The van der Waals surface area contributed by atoms with E-state index in [9.17, 15) is 26.4 Å². The number of hydrogen-bond donors (Lipinski definition) is 1. The second-order valence-electron chi connectivity index (χ2n) is 13.9. The first-order valence-corrected chi connectivity index (χ1v) is 18.6. The number of nitrogens with zero attached hydrogens (tertiary/aromatic N) is 3. The summed E-state index contributed by atoms with van der Waals surface area (Å²) in [7, 11) is -3.50. The minimum absolute atomic E-state index is 0.0830. The van der Waals surface area contributed by atoms with Gasteiger partial charge in [0, 0.05) is 51.6 Å². The van der Waals surface area contributed by atoms with Crippen molar-refractivity contribution in [2.75, 3.05) is 32.7 Å². The van der Waals surface area contributed by atoms with Crippen LogP contribution in [0.1, 0.15) is 101 Å². The average molecular weight is 688 g/mol. The first kappa shape index (κ1) is 37.4. The molecule has 3 heterocycles. The maximum absolute atomic E-state index is 13.6. The smallest absolute Gasteiger partial charge is 0.475 e. The first-order valence-electron chi connectivity index (χ1n) is 17.2. The summed E-state index contributed by atoms with van der Waals surface area (Å²) in [6.45, 7) is 11.9. The van der Waals surface area contributed by atoms with Gasteiger partial charge in [0.15, 0.2) is 0 Å². The van der Waals surface area contributed by atoms with Gasteiger partial charge in [-0.2, -0.15) is 17.5 Å². The number of unbranched alkanes of at least 4 members (excludes halogenated alkanes) is 1. The summed E-state index contributed by atoms with van der Waals surface area (Å²) >= 11 is 0. The molecule has 9 nitrogen and oxygen atoms in total. The quantitative estimate of drug-likeness (QED) is 0.320. The third kappa shape index (κ3) is 8.81. The third-order valence-electron chi connectivity index (χ3n) is 10.5. The molecule has 0 aromatic heterocycles. The van der Waals surface area contributed by atoms with E-state index in [0.717, 1.165) is 81.3 Å². The molecule has 1 aromatic carbocycles. The van der Waals surface area contributed by atoms with Gasteiger partial charge in [-0.3, -0.25) is 4.90 Å². The zero-order valence-electron chi connectivity index (χ0n) is 28.3. The summed E-state index contributed by atoms with van der Waals surface area (Å²) in [5.74, 6) is -2.14. The average Bonchev–Trinajstić information content (AvgIpc) is 3.25. The Labute approximate surface area is 277 Å². The Balaban J connectivity index is 0.000000644. The Kier molecular flexibility index (Phi) is 12.3. The van der Waals surface area contributed by atoms with Crippen LogP contribution in [0.4, 0.5) is 18.0 Å². The van der Waals surface area contributed by atoms with Gasteiger partial charge in [0.05, 0.1) is 10.9 Å². The molecule has 1 N–H and O–H groups in total. The van der Waals surface area contributed by atoms with Crippen molar-refractivity contribution in [3.8, 4) is 0 Å². The van der Waals surface area contributed by atoms with Crippen LogP contribution < -0.4 is 0 Å². The molecule has 0 bridgehead atoms. The van der Waals surface area contributed by atoms with Crippen LogP contribution in [0.25, 0.3) is 0 Å². The summed E-state index contributed by atoms with van der Waals surface area (Å²) in [4.78, 5) is 27.3. The lowest BCUT2D eigenvalue weighted by Crippen LogP contribution is -2.56. The van der Waals surface area contributed by atoms with Crippen LogP contribution in [0.5, 0.6) is 0 Å². The predicted molar refractivity (Wildman–Crippen MR) is 173 cm³/mol. The fraction of sp³-hybridized carbons (Fsp3) is 0.765. The Morgan fingerprint density at radius 1 is 0.979 bits per heavy atom. The standard InChI is InChI=1S/C32H51N3O4S.C2HF3O2/c1-5-6-12-29-32(39-31(36)35(29)23-27-10-8-7-9-11-27)15-19-33(20-16-32)28-13-17-34(18-14-28)40(37,38)30-25(3)21-24(2)22-26(30)4;3-2(4,5)1(6)7/h21-22,27-29H,5-20,23H2,1-4H3;(H,6,7). The monoisotopic (exact) mass is 687 g/mol. The lowest BCUT2D eigenvalue weighted by molar-refractivity contribution is -0.192. The molecule has 4 fully saturated rings. The van der Waals surface area contributed by atoms with Crippen molar-refractivity contribution in [1.82, 2.24) is 14.1 Å². The molecule has 1 aliphatic carbocycles. The van der Waals surface area contributed by atoms with Gasteiger partial charge in [-0.1, -0.05) is 56.7 Å². The number of aryl methyl sites for hydroxylation is 3. The van der Waals surface area contributed by atoms with Gasteiger partial charge < -0.3 is 14.7 Å². The number of piperidine rings is 2. The maximum Gasteiger partial charge on any atom is 0.490 e. The Morgan fingerprint density at radius 3 is 2.04 bits per heavy atom. The highest BCUT2D eigenvalue weighted by molar-refractivity contribution is 7.89. The number of sulfonamides is 1. The lowest BCUT2D eigenvalue weighted by Gasteiger charge is -2.46. The number of amides is 1. The van der Waals surface area contributed by atoms with Crippen molar-refractivity contribution < 1.29 is 41.0 Å². The number of carbonyl (C=O) groups excluding carboxylic acids is 1. The van der Waals surface area contributed by atoms with Gasteiger partial charge in [-0.25, -0.2) is 18.0 Å². The zero-order valence-corrected chi connectivity index (χ0v) is 29.1. The third-order valence-corrected chi connectivity index (χ3v) is 12.8. The molecule has 1 saturated carbocycles. The van der Waals surface area contributed by atoms with E-state index in [2.05, 4.69) is 16.7 Å². The van der Waals surface area contributed by atoms with Crippen molar-refractivity contribution in [2.24, 2.45) is 5.92 Å². The summed E-state index contributed by atoms with van der Waals surface area (Å²) < 4.78 is 66.9. The molecule has 3 saturated heterocycles. The molecule has 1 unspecified atom stereocenters. The van der Waals surface area contributed by atoms with Crippen LogP contribution in [-0.2, 0) is 19.6 Å². The highest BCUT2D eigenvalue weighted by atomic mass is 32.2. The minimum atomic E-state index is -5.08. The molecule has 1 aromatic rings. The Bertz CT molecular complexity index is 1330. The molecule has 0 radical (unpaired) electrons. The Hall–Kier alpha value is -2.38. The van der Waals surface area contributed by atoms with E-state index in [1.54, 1.807) is 4.31 Å². The van der Waals surface area contributed by atoms with Gasteiger partial charge in [0.25, 0.3) is 0 Å². The Morgan fingerprint density at radius 2 is 1.53 bits per heavy atom. The predicted octanol–water partition coefficient (Wildman–Crippen LogP) is 6.82. The fourth-order valence-electron chi connectivity index (χ4n) is 8.23. The van der Waals surface area contributed by atoms with Crippen LogP contribution in [0.15, 0.2) is 17.0 Å². The zero-order chi connectivity index (χ0) is 34.6. The highest BCUT2D eigenvalue weighted by Crippen LogP contribution is 2.43. The van der Waals surface area contributed by atoms with Crippen LogP contribution in [-0.4, -0.2) is 96.3 Å². The molecule has 266 valence electrons. The van der Waals surface area contributed by atoms with E-state index in [0.29, 0.717) is 29.9 Å². The maximum atomic E-state index is 13.6. The van der Waals surface area contributed by atoms with E-state index in [1.165, 1.54) is 32.1 Å². The van der Waals surface area contributed by atoms with Crippen molar-refractivity contribution in [1.29, 1.82) is 0 Å². The molecule has 47 heavy (non-hydrogen) atoms. The van der Waals surface area contributed by atoms with Crippen molar-refractivity contribution >= 4 is 22.1 Å². The van der Waals surface area contributed by atoms with Gasteiger partial charge in [0.2, 0.25) is 10.0 Å². The van der Waals surface area contributed by atoms with E-state index in [1.807, 2.05) is 32.9 Å². The first-order chi connectivity index (χ1) is 22.1. The highest BCUT2D eigenvalue weighted by Gasteiger charge is 2.55. The normalized spacial score (nSPS) is 23.4. The summed E-state index contributed by atoms with van der Waals surface area (Å²) in [5.41, 5.74) is 2.41. The largest absolute Gasteiger partial charge is 0.490 e. The molecular weight excluding hydrogens is 635 g/mol. The van der Waals surface area contributed by atoms with E-state index in [-0.39, 0.29) is 17.7 Å². The number of halogens is 3. The van der Waals surface area contributed by atoms with Crippen LogP contribution in [0.2, 0.25) is 0 Å². The van der Waals surface area contributed by atoms with E-state index < -0.39 is 22.2 Å². The molecular formula is C34H52F3N3O6S. The van der Waals surface area contributed by atoms with E-state index >= 15 is 0 Å². The molecule has 3 aliphatic heterocycles. The number of rotatable bonds is 8. The molecule has 1 amide bonds. The second-order valence-corrected chi connectivity index (χ2v) is 15.8. The molecule has 4 aliphatic rings. The second kappa shape index (κ2) is 15.4. The number of carbonyl (C=O) groups is 2. The van der Waals surface area contributed by atoms with Crippen LogP contribution in [0.3, 0.4) is 0 Å². The number of ether oxygens (including phenoxy) is 1. The number of carboxylic acid groups (broad SMARTS) is 1. The van der Waals surface area contributed by atoms with Crippen LogP contribution >= 0.6 is 0 Å². The summed E-state index contributed by atoms with van der Waals surface area (Å²) in [6, 6.07) is 4.51. The molecule has 1 atom stereocenters. The number of likely N-dealkylation sites (tertiary alicyclic amines) is 1. The fourth-order valence-corrected chi connectivity index (χ4v) is 10.1. The molecule has 5 rings (SSSR count). The molecule has 1 spiro atoms. The summed E-state index contributed by atoms with van der Waals surface area (Å²) in [6.07, 6.45) is 7.98. The van der Waals surface area contributed by atoms with Crippen LogP contribution in [0, 0.1) is 26.7 Å². The van der Waals surface area contributed by atoms with Gasteiger partial charge in [-0.15, -0.1) is 0 Å². The minimum Gasteiger partial charge on any atom is -0.475 e. The van der Waals surface area contributed by atoms with Gasteiger partial charge >= 0.3 is 18.2 Å². The lowest BCUT2D eigenvalue weighted by atomic mass is 9.80. The molecule has 13 heteroatoms. The van der Waals surface area contributed by atoms with E-state index in [4.69, 9.17) is 14.6 Å². The number of aliphatic carboxylic acids is 1. The number of carboxylic acids is 1. The SMILES string of the molecule is CCCCC1N(CC2CCCCC2)C(=O)OC12CCN(C1CCN(S(=O)(=O)c3c(C)cc(C)cc3C)CC1)CC2.O=C(O)C(F)(F)F. The van der Waals surface area contributed by atoms with Crippen molar-refractivity contribution in [3.05, 3.63) is 28.8 Å². The number of hydrogen-bond acceptors (Lipinski definition) is 6. The number of alkyl halides is 3. The number of benzene rings is 1. The summed E-state index contributed by atoms with van der Waals surface area (Å²) in [5, 5.41) is 7.12. The topological polar surface area (TPSA) is 107 Å².